The summed E-state index contributed by atoms with van der Waals surface area (Å²) in [6.45, 7) is 0. The Morgan fingerprint density at radius 3 is 2.30 bits per heavy atom. The summed E-state index contributed by atoms with van der Waals surface area (Å²) in [6.07, 6.45) is 0. The van der Waals surface area contributed by atoms with Crippen molar-refractivity contribution >= 4 is 45.5 Å². The number of thiocarbonyl (C=S) groups is 1. The number of hydrogen-bond acceptors (Lipinski definition) is 2. The highest BCUT2D eigenvalue weighted by molar-refractivity contribution is 7.80. The van der Waals surface area contributed by atoms with Gasteiger partial charge in [-0.2, -0.15) is 0 Å². The predicted octanol–water partition coefficient (Wildman–Crippen LogP) is 4.36. The van der Waals surface area contributed by atoms with E-state index in [1.54, 1.807) is 12.1 Å². The molecule has 114 valence electrons. The highest BCUT2D eigenvalue weighted by atomic mass is 32.1. The minimum absolute atomic E-state index is 0.245. The van der Waals surface area contributed by atoms with Crippen molar-refractivity contribution in [3.05, 3.63) is 72.8 Å². The number of hydrogen-bond donors (Lipinski definition) is 3. The highest BCUT2D eigenvalue weighted by Gasteiger charge is 2.06. The summed E-state index contributed by atoms with van der Waals surface area (Å²) in [5.41, 5.74) is 1.56. The van der Waals surface area contributed by atoms with Crippen LogP contribution in [0, 0.1) is 0 Å². The predicted molar refractivity (Wildman–Crippen MR) is 98.8 cm³/mol. The Hall–Kier alpha value is -2.92. The summed E-state index contributed by atoms with van der Waals surface area (Å²) >= 11 is 5.21. The van der Waals surface area contributed by atoms with Gasteiger partial charge in [-0.05, 0) is 35.8 Å². The van der Waals surface area contributed by atoms with Crippen molar-refractivity contribution in [3.63, 3.8) is 0 Å². The van der Waals surface area contributed by atoms with Gasteiger partial charge in [-0.1, -0.05) is 54.6 Å². The molecule has 0 heterocycles. The number of carbonyl (C=O) groups is 1. The van der Waals surface area contributed by atoms with Gasteiger partial charge in [0.15, 0.2) is 5.11 Å². The number of rotatable bonds is 2. The van der Waals surface area contributed by atoms with Gasteiger partial charge in [-0.15, -0.1) is 0 Å². The second-order valence-electron chi connectivity index (χ2n) is 4.93. The molecule has 0 aliphatic carbocycles. The van der Waals surface area contributed by atoms with Crippen LogP contribution in [0.15, 0.2) is 72.8 Å². The maximum atomic E-state index is 11.9. The number of anilines is 2. The molecule has 0 bridgehead atoms. The maximum absolute atomic E-state index is 11.9. The van der Waals surface area contributed by atoms with Crippen molar-refractivity contribution in [3.8, 4) is 0 Å². The number of para-hydroxylation sites is 1. The lowest BCUT2D eigenvalue weighted by Crippen LogP contribution is -2.37. The van der Waals surface area contributed by atoms with Gasteiger partial charge >= 0.3 is 6.03 Å². The molecule has 0 saturated carbocycles. The van der Waals surface area contributed by atoms with Crippen LogP contribution in [0.4, 0.5) is 16.2 Å². The molecule has 0 unspecified atom stereocenters. The van der Waals surface area contributed by atoms with E-state index in [1.807, 2.05) is 60.7 Å². The Morgan fingerprint density at radius 1 is 0.783 bits per heavy atom. The van der Waals surface area contributed by atoms with Gasteiger partial charge in [0.2, 0.25) is 0 Å². The number of benzene rings is 3. The van der Waals surface area contributed by atoms with Gasteiger partial charge in [0.1, 0.15) is 0 Å². The molecule has 0 radical (unpaired) electrons. The van der Waals surface area contributed by atoms with Crippen molar-refractivity contribution in [2.75, 3.05) is 10.6 Å². The molecule has 3 rings (SSSR count). The van der Waals surface area contributed by atoms with Crippen molar-refractivity contribution in [1.82, 2.24) is 5.32 Å². The first-order valence-corrected chi connectivity index (χ1v) is 7.55. The highest BCUT2D eigenvalue weighted by Crippen LogP contribution is 2.22. The molecule has 2 amide bonds. The maximum Gasteiger partial charge on any atom is 0.325 e. The SMILES string of the molecule is O=C(NC(=S)Nc1cccc2ccccc12)Nc1ccccc1. The summed E-state index contributed by atoms with van der Waals surface area (Å²) in [5, 5.41) is 10.8. The lowest BCUT2D eigenvalue weighted by Gasteiger charge is -2.12. The lowest BCUT2D eigenvalue weighted by molar-refractivity contribution is 0.256. The van der Waals surface area contributed by atoms with Crippen LogP contribution in [0.3, 0.4) is 0 Å². The van der Waals surface area contributed by atoms with E-state index in [-0.39, 0.29) is 11.1 Å². The van der Waals surface area contributed by atoms with E-state index in [1.165, 1.54) is 0 Å². The largest absolute Gasteiger partial charge is 0.332 e. The topological polar surface area (TPSA) is 53.2 Å². The summed E-state index contributed by atoms with van der Waals surface area (Å²) in [6, 6.07) is 22.7. The number of carbonyl (C=O) groups excluding carboxylic acids is 1. The van der Waals surface area contributed by atoms with Crippen LogP contribution in [-0.2, 0) is 0 Å². The zero-order valence-corrected chi connectivity index (χ0v) is 13.1. The molecule has 23 heavy (non-hydrogen) atoms. The standard InChI is InChI=1S/C18H15N3OS/c22-17(19-14-9-2-1-3-10-14)21-18(23)20-16-12-6-8-13-7-4-5-11-15(13)16/h1-12H,(H3,19,20,21,22,23). The fourth-order valence-corrected chi connectivity index (χ4v) is 2.48. The van der Waals surface area contributed by atoms with E-state index in [0.29, 0.717) is 5.69 Å². The second-order valence-corrected chi connectivity index (χ2v) is 5.33. The number of amides is 2. The van der Waals surface area contributed by atoms with Crippen LogP contribution >= 0.6 is 12.2 Å². The summed E-state index contributed by atoms with van der Waals surface area (Å²) in [4.78, 5) is 11.9. The third kappa shape index (κ3) is 3.84. The van der Waals surface area contributed by atoms with E-state index in [2.05, 4.69) is 16.0 Å². The fraction of sp³-hybridized carbons (Fsp3) is 0. The first-order chi connectivity index (χ1) is 11.2. The van der Waals surface area contributed by atoms with Gasteiger partial charge < -0.3 is 10.6 Å². The quantitative estimate of drug-likeness (QED) is 0.615. The second kappa shape index (κ2) is 6.89. The van der Waals surface area contributed by atoms with Crippen LogP contribution in [0.5, 0.6) is 0 Å². The van der Waals surface area contributed by atoms with Crippen LogP contribution in [0.2, 0.25) is 0 Å². The molecule has 0 fully saturated rings. The molecule has 3 N–H and O–H groups in total. The minimum Gasteiger partial charge on any atom is -0.332 e. The number of urea groups is 1. The van der Waals surface area contributed by atoms with Crippen molar-refractivity contribution in [1.29, 1.82) is 0 Å². The summed E-state index contributed by atoms with van der Waals surface area (Å²) in [7, 11) is 0. The van der Waals surface area contributed by atoms with E-state index < -0.39 is 0 Å². The monoisotopic (exact) mass is 321 g/mol. The molecule has 0 aromatic heterocycles. The zero-order valence-electron chi connectivity index (χ0n) is 12.2. The van der Waals surface area contributed by atoms with Crippen LogP contribution in [-0.4, -0.2) is 11.1 Å². The van der Waals surface area contributed by atoms with E-state index in [4.69, 9.17) is 12.2 Å². The van der Waals surface area contributed by atoms with Gasteiger partial charge in [0.25, 0.3) is 0 Å². The number of fused-ring (bicyclic) bond motifs is 1. The first kappa shape index (κ1) is 15.0. The lowest BCUT2D eigenvalue weighted by atomic mass is 10.1. The van der Waals surface area contributed by atoms with Gasteiger partial charge in [-0.25, -0.2) is 4.79 Å². The normalized spacial score (nSPS) is 10.1. The molecule has 5 heteroatoms. The Bertz CT molecular complexity index is 844. The van der Waals surface area contributed by atoms with Gasteiger partial charge in [0, 0.05) is 16.8 Å². The summed E-state index contributed by atoms with van der Waals surface area (Å²) in [5.74, 6) is 0. The van der Waals surface area contributed by atoms with E-state index in [0.717, 1.165) is 16.5 Å². The molecular weight excluding hydrogens is 306 g/mol. The third-order valence-electron chi connectivity index (χ3n) is 3.30. The van der Waals surface area contributed by atoms with E-state index >= 15 is 0 Å². The Labute approximate surface area is 139 Å². The van der Waals surface area contributed by atoms with Crippen molar-refractivity contribution < 1.29 is 4.79 Å². The average Bonchev–Trinajstić information content (AvgIpc) is 2.56. The van der Waals surface area contributed by atoms with Crippen molar-refractivity contribution in [2.45, 2.75) is 0 Å². The Morgan fingerprint density at radius 2 is 1.48 bits per heavy atom. The Balaban J connectivity index is 1.66. The summed E-state index contributed by atoms with van der Waals surface area (Å²) < 4.78 is 0. The first-order valence-electron chi connectivity index (χ1n) is 7.14. The molecule has 4 nitrogen and oxygen atoms in total. The van der Waals surface area contributed by atoms with Crippen LogP contribution < -0.4 is 16.0 Å². The molecule has 0 aliphatic rings. The van der Waals surface area contributed by atoms with Gasteiger partial charge in [-0.3, -0.25) is 5.32 Å². The minimum atomic E-state index is -0.381. The third-order valence-corrected chi connectivity index (χ3v) is 3.50. The molecule has 3 aromatic rings. The van der Waals surface area contributed by atoms with Crippen LogP contribution in [0.25, 0.3) is 10.8 Å². The molecule has 3 aromatic carbocycles. The van der Waals surface area contributed by atoms with E-state index in [9.17, 15) is 4.79 Å². The Kier molecular flexibility index (Phi) is 4.49. The smallest absolute Gasteiger partial charge is 0.325 e. The molecule has 0 saturated heterocycles. The van der Waals surface area contributed by atoms with Gasteiger partial charge in [0.05, 0.1) is 0 Å². The zero-order chi connectivity index (χ0) is 16.1. The molecular formula is C18H15N3OS. The molecule has 0 aliphatic heterocycles. The molecule has 0 spiro atoms. The number of nitrogens with one attached hydrogen (secondary N) is 3. The molecule has 0 atom stereocenters. The van der Waals surface area contributed by atoms with Crippen molar-refractivity contribution in [2.24, 2.45) is 0 Å². The fourth-order valence-electron chi connectivity index (χ4n) is 2.27. The van der Waals surface area contributed by atoms with Crippen LogP contribution in [0.1, 0.15) is 0 Å². The average molecular weight is 321 g/mol.